The van der Waals surface area contributed by atoms with E-state index in [1.807, 2.05) is 0 Å². The fourth-order valence-corrected chi connectivity index (χ4v) is 1.80. The van der Waals surface area contributed by atoms with Gasteiger partial charge in [0.1, 0.15) is 0 Å². The molecule has 0 saturated heterocycles. The number of carbonyl (C=O) groups is 2. The van der Waals surface area contributed by atoms with Gasteiger partial charge in [-0.1, -0.05) is 17.7 Å². The van der Waals surface area contributed by atoms with Crippen LogP contribution in [-0.4, -0.2) is 22.5 Å². The first-order valence-corrected chi connectivity index (χ1v) is 6.69. The van der Waals surface area contributed by atoms with Gasteiger partial charge in [-0.25, -0.2) is 0 Å². The third-order valence-electron chi connectivity index (χ3n) is 4.04. The van der Waals surface area contributed by atoms with Crippen molar-refractivity contribution in [1.29, 1.82) is 0 Å². The Bertz CT molecular complexity index is 550. The van der Waals surface area contributed by atoms with Crippen LogP contribution in [-0.2, 0) is 4.79 Å². The normalized spacial score (nSPS) is 12.1. The number of hydrogen-bond donors (Lipinski definition) is 2. The van der Waals surface area contributed by atoms with E-state index in [0.717, 1.165) is 0 Å². The minimum atomic E-state index is -1.10. The van der Waals surface area contributed by atoms with E-state index in [1.165, 1.54) is 0 Å². The summed E-state index contributed by atoms with van der Waals surface area (Å²) in [5.41, 5.74) is -0.887. The van der Waals surface area contributed by atoms with Crippen LogP contribution in [0.4, 0.5) is 0 Å². The largest absolute Gasteiger partial charge is 0.481 e. The number of rotatable bonds is 4. The van der Waals surface area contributed by atoms with Gasteiger partial charge in [0.25, 0.3) is 5.91 Å². The average Bonchev–Trinajstić information content (AvgIpc) is 2.31. The molecule has 0 aromatic heterocycles. The van der Waals surface area contributed by atoms with Crippen molar-refractivity contribution in [2.45, 2.75) is 40.2 Å². The topological polar surface area (TPSA) is 66.4 Å². The van der Waals surface area contributed by atoms with Gasteiger partial charge in [0.05, 0.1) is 11.0 Å². The van der Waals surface area contributed by atoms with E-state index in [4.69, 9.17) is 11.6 Å². The first-order chi connectivity index (χ1) is 9.00. The zero-order valence-electron chi connectivity index (χ0n) is 12.4. The molecule has 5 heteroatoms. The fraction of sp³-hybridized carbons (Fsp3) is 0.467. The summed E-state index contributed by atoms with van der Waals surface area (Å²) in [6.45, 7) is 8.31. The number of halogens is 1. The van der Waals surface area contributed by atoms with Crippen molar-refractivity contribution >= 4 is 23.5 Å². The molecule has 0 bridgehead atoms. The molecular weight excluding hydrogens is 278 g/mol. The lowest BCUT2D eigenvalue weighted by molar-refractivity contribution is -0.150. The van der Waals surface area contributed by atoms with Gasteiger partial charge < -0.3 is 10.4 Å². The quantitative estimate of drug-likeness (QED) is 0.896. The molecule has 0 radical (unpaired) electrons. The summed E-state index contributed by atoms with van der Waals surface area (Å²) in [5.74, 6) is -1.30. The van der Waals surface area contributed by atoms with Gasteiger partial charge in [0.2, 0.25) is 0 Å². The summed E-state index contributed by atoms with van der Waals surface area (Å²) >= 11 is 6.00. The molecule has 0 aliphatic heterocycles. The molecule has 0 unspecified atom stereocenters. The van der Waals surface area contributed by atoms with Crippen molar-refractivity contribution in [3.63, 3.8) is 0 Å². The second kappa shape index (κ2) is 5.44. The molecule has 1 aromatic carbocycles. The standard InChI is InChI=1S/C15H20ClNO3/c1-9-10(7-6-8-11(9)16)12(18)17-15(4,5)14(2,3)13(19)20/h6-8H,1-5H3,(H,17,18)(H,19,20). The Hall–Kier alpha value is -1.55. The van der Waals surface area contributed by atoms with Crippen molar-refractivity contribution in [3.8, 4) is 0 Å². The van der Waals surface area contributed by atoms with E-state index in [2.05, 4.69) is 5.32 Å². The number of aliphatic carboxylic acids is 1. The lowest BCUT2D eigenvalue weighted by Crippen LogP contribution is -2.57. The molecule has 0 saturated carbocycles. The molecule has 1 rings (SSSR count). The minimum Gasteiger partial charge on any atom is -0.481 e. The van der Waals surface area contributed by atoms with Gasteiger partial charge in [-0.3, -0.25) is 9.59 Å². The Labute approximate surface area is 124 Å². The molecule has 1 aromatic rings. The summed E-state index contributed by atoms with van der Waals surface area (Å²) in [4.78, 5) is 23.7. The second-order valence-electron chi connectivity index (χ2n) is 5.92. The maximum atomic E-state index is 12.3. The van der Waals surface area contributed by atoms with Crippen LogP contribution < -0.4 is 5.32 Å². The summed E-state index contributed by atoms with van der Waals surface area (Å²) in [6, 6.07) is 5.07. The molecule has 110 valence electrons. The zero-order valence-corrected chi connectivity index (χ0v) is 13.1. The number of benzene rings is 1. The summed E-state index contributed by atoms with van der Waals surface area (Å²) in [7, 11) is 0. The van der Waals surface area contributed by atoms with Crippen LogP contribution in [0.1, 0.15) is 43.6 Å². The molecule has 0 aliphatic carbocycles. The van der Waals surface area contributed by atoms with Crippen molar-refractivity contribution in [2.24, 2.45) is 5.41 Å². The van der Waals surface area contributed by atoms with E-state index in [9.17, 15) is 14.7 Å². The summed E-state index contributed by atoms with van der Waals surface area (Å²) < 4.78 is 0. The lowest BCUT2D eigenvalue weighted by Gasteiger charge is -2.38. The number of carboxylic acid groups (broad SMARTS) is 1. The molecule has 0 atom stereocenters. The predicted octanol–water partition coefficient (Wildman–Crippen LogP) is 3.27. The van der Waals surface area contributed by atoms with Crippen molar-refractivity contribution < 1.29 is 14.7 Å². The number of nitrogens with one attached hydrogen (secondary N) is 1. The molecule has 0 spiro atoms. The fourth-order valence-electron chi connectivity index (χ4n) is 1.63. The predicted molar refractivity (Wildman–Crippen MR) is 79.2 cm³/mol. The van der Waals surface area contributed by atoms with Gasteiger partial charge >= 0.3 is 5.97 Å². The Morgan fingerprint density at radius 2 is 1.75 bits per heavy atom. The summed E-state index contributed by atoms with van der Waals surface area (Å²) in [6.07, 6.45) is 0. The lowest BCUT2D eigenvalue weighted by atomic mass is 9.74. The van der Waals surface area contributed by atoms with Crippen LogP contribution in [0.5, 0.6) is 0 Å². The second-order valence-corrected chi connectivity index (χ2v) is 6.33. The minimum absolute atomic E-state index is 0.329. The van der Waals surface area contributed by atoms with Crippen LogP contribution in [0, 0.1) is 12.3 Å². The third kappa shape index (κ3) is 2.96. The third-order valence-corrected chi connectivity index (χ3v) is 4.44. The van der Waals surface area contributed by atoms with Crippen molar-refractivity contribution in [1.82, 2.24) is 5.32 Å². The highest BCUT2D eigenvalue weighted by atomic mass is 35.5. The SMILES string of the molecule is Cc1c(Cl)cccc1C(=O)NC(C)(C)C(C)(C)C(=O)O. The zero-order chi connectivity index (χ0) is 15.7. The molecule has 0 fully saturated rings. The van der Waals surface area contributed by atoms with Crippen LogP contribution in [0.3, 0.4) is 0 Å². The first kappa shape index (κ1) is 16.5. The molecule has 2 N–H and O–H groups in total. The number of hydrogen-bond acceptors (Lipinski definition) is 2. The Kier molecular flexibility index (Phi) is 4.49. The Morgan fingerprint density at radius 3 is 2.25 bits per heavy atom. The van der Waals surface area contributed by atoms with Crippen LogP contribution >= 0.6 is 11.6 Å². The number of amides is 1. The van der Waals surface area contributed by atoms with Gasteiger partial charge in [-0.15, -0.1) is 0 Å². The van der Waals surface area contributed by atoms with E-state index in [1.54, 1.807) is 52.8 Å². The summed E-state index contributed by atoms with van der Waals surface area (Å²) in [5, 5.41) is 12.6. The van der Waals surface area contributed by atoms with Gasteiger partial charge in [0, 0.05) is 10.6 Å². The van der Waals surface area contributed by atoms with Gasteiger partial charge in [-0.2, -0.15) is 0 Å². The molecular formula is C15H20ClNO3. The molecule has 1 amide bonds. The van der Waals surface area contributed by atoms with Crippen LogP contribution in [0.15, 0.2) is 18.2 Å². The first-order valence-electron chi connectivity index (χ1n) is 6.31. The molecule has 0 aliphatic rings. The van der Waals surface area contributed by atoms with E-state index in [0.29, 0.717) is 16.1 Å². The van der Waals surface area contributed by atoms with E-state index < -0.39 is 16.9 Å². The smallest absolute Gasteiger partial charge is 0.311 e. The Morgan fingerprint density at radius 1 is 1.20 bits per heavy atom. The average molecular weight is 298 g/mol. The monoisotopic (exact) mass is 297 g/mol. The number of carboxylic acids is 1. The van der Waals surface area contributed by atoms with Crippen LogP contribution in [0.25, 0.3) is 0 Å². The van der Waals surface area contributed by atoms with Gasteiger partial charge in [-0.05, 0) is 52.3 Å². The van der Waals surface area contributed by atoms with Crippen molar-refractivity contribution in [3.05, 3.63) is 34.3 Å². The van der Waals surface area contributed by atoms with Gasteiger partial charge in [0.15, 0.2) is 0 Å². The number of carbonyl (C=O) groups excluding carboxylic acids is 1. The van der Waals surface area contributed by atoms with E-state index in [-0.39, 0.29) is 5.91 Å². The highest BCUT2D eigenvalue weighted by Gasteiger charge is 2.44. The molecule has 20 heavy (non-hydrogen) atoms. The van der Waals surface area contributed by atoms with Crippen molar-refractivity contribution in [2.75, 3.05) is 0 Å². The molecule has 4 nitrogen and oxygen atoms in total. The maximum Gasteiger partial charge on any atom is 0.311 e. The highest BCUT2D eigenvalue weighted by Crippen LogP contribution is 2.31. The highest BCUT2D eigenvalue weighted by molar-refractivity contribution is 6.31. The molecule has 0 heterocycles. The van der Waals surface area contributed by atoms with Crippen LogP contribution in [0.2, 0.25) is 5.02 Å². The maximum absolute atomic E-state index is 12.3. The Balaban J connectivity index is 3.07. The van der Waals surface area contributed by atoms with E-state index >= 15 is 0 Å².